The minimum Gasteiger partial charge on any atom is -0.496 e. The molecule has 2 heterocycles. The summed E-state index contributed by atoms with van der Waals surface area (Å²) in [5.74, 6) is 0.174. The minimum absolute atomic E-state index is 0.116. The SMILES string of the molecule is COc1cc2c(NC(C)c3ccccn3)c(C(N)=O)cnc2cc1I. The highest BCUT2D eigenvalue weighted by Gasteiger charge is 2.18. The number of nitrogens with two attached hydrogens (primary N) is 1. The van der Waals surface area contributed by atoms with Crippen LogP contribution in [0.15, 0.2) is 42.7 Å². The van der Waals surface area contributed by atoms with E-state index in [2.05, 4.69) is 37.9 Å². The molecule has 0 saturated heterocycles. The lowest BCUT2D eigenvalue weighted by Crippen LogP contribution is -2.17. The zero-order valence-electron chi connectivity index (χ0n) is 13.8. The molecule has 3 rings (SSSR count). The third-order valence-electron chi connectivity index (χ3n) is 3.90. The maximum Gasteiger partial charge on any atom is 0.252 e. The van der Waals surface area contributed by atoms with E-state index in [0.29, 0.717) is 17.0 Å². The number of anilines is 1. The molecule has 0 aliphatic heterocycles. The van der Waals surface area contributed by atoms with Gasteiger partial charge in [-0.05, 0) is 53.8 Å². The number of amides is 1. The predicted octanol–water partition coefficient (Wildman–Crippen LogP) is 3.52. The highest BCUT2D eigenvalue weighted by Crippen LogP contribution is 2.34. The Morgan fingerprint density at radius 3 is 2.76 bits per heavy atom. The van der Waals surface area contributed by atoms with Gasteiger partial charge in [0.1, 0.15) is 5.75 Å². The van der Waals surface area contributed by atoms with Gasteiger partial charge in [0, 0.05) is 17.8 Å². The van der Waals surface area contributed by atoms with Crippen LogP contribution in [0.2, 0.25) is 0 Å². The van der Waals surface area contributed by atoms with Crippen molar-refractivity contribution in [2.24, 2.45) is 5.73 Å². The Bertz CT molecular complexity index is 931. The molecule has 3 aromatic rings. The largest absolute Gasteiger partial charge is 0.496 e. The second-order valence-electron chi connectivity index (χ2n) is 5.54. The third kappa shape index (κ3) is 3.51. The summed E-state index contributed by atoms with van der Waals surface area (Å²) >= 11 is 2.19. The van der Waals surface area contributed by atoms with Gasteiger partial charge >= 0.3 is 0 Å². The number of pyridine rings is 2. The molecule has 1 aromatic carbocycles. The zero-order chi connectivity index (χ0) is 18.0. The van der Waals surface area contributed by atoms with E-state index in [9.17, 15) is 4.79 Å². The van der Waals surface area contributed by atoms with Crippen molar-refractivity contribution in [3.63, 3.8) is 0 Å². The van der Waals surface area contributed by atoms with E-state index in [-0.39, 0.29) is 6.04 Å². The molecule has 0 aliphatic carbocycles. The molecule has 1 atom stereocenters. The molecule has 0 aliphatic rings. The maximum absolute atomic E-state index is 11.9. The van der Waals surface area contributed by atoms with Gasteiger partial charge in [-0.1, -0.05) is 6.07 Å². The average Bonchev–Trinajstić information content (AvgIpc) is 2.61. The summed E-state index contributed by atoms with van der Waals surface area (Å²) in [4.78, 5) is 20.6. The number of halogens is 1. The number of rotatable bonds is 5. The summed E-state index contributed by atoms with van der Waals surface area (Å²) in [6, 6.07) is 9.37. The highest BCUT2D eigenvalue weighted by molar-refractivity contribution is 14.1. The molecule has 25 heavy (non-hydrogen) atoms. The van der Waals surface area contributed by atoms with Crippen LogP contribution >= 0.6 is 22.6 Å². The minimum atomic E-state index is -0.539. The number of ether oxygens (including phenoxy) is 1. The summed E-state index contributed by atoms with van der Waals surface area (Å²) in [5, 5.41) is 4.13. The van der Waals surface area contributed by atoms with Gasteiger partial charge in [-0.15, -0.1) is 0 Å². The van der Waals surface area contributed by atoms with Crippen LogP contribution in [0.5, 0.6) is 5.75 Å². The topological polar surface area (TPSA) is 90.1 Å². The number of fused-ring (bicyclic) bond motifs is 1. The quantitative estimate of drug-likeness (QED) is 0.584. The molecule has 0 radical (unpaired) electrons. The third-order valence-corrected chi connectivity index (χ3v) is 4.74. The first-order valence-electron chi connectivity index (χ1n) is 7.64. The first-order valence-corrected chi connectivity index (χ1v) is 8.72. The van der Waals surface area contributed by atoms with Gasteiger partial charge < -0.3 is 15.8 Å². The number of primary amides is 1. The molecular weight excluding hydrogens is 431 g/mol. The van der Waals surface area contributed by atoms with E-state index in [1.165, 1.54) is 6.20 Å². The fourth-order valence-corrected chi connectivity index (χ4v) is 3.29. The van der Waals surface area contributed by atoms with Gasteiger partial charge in [0.25, 0.3) is 5.91 Å². The summed E-state index contributed by atoms with van der Waals surface area (Å²) in [7, 11) is 1.61. The summed E-state index contributed by atoms with van der Waals surface area (Å²) in [6.45, 7) is 1.98. The second-order valence-corrected chi connectivity index (χ2v) is 6.70. The molecule has 1 unspecified atom stereocenters. The van der Waals surface area contributed by atoms with Crippen molar-refractivity contribution in [1.29, 1.82) is 0 Å². The number of hydrogen-bond donors (Lipinski definition) is 2. The lowest BCUT2D eigenvalue weighted by Gasteiger charge is -2.19. The second kappa shape index (κ2) is 7.22. The van der Waals surface area contributed by atoms with Crippen molar-refractivity contribution >= 4 is 45.1 Å². The number of aromatic nitrogens is 2. The smallest absolute Gasteiger partial charge is 0.252 e. The van der Waals surface area contributed by atoms with Gasteiger partial charge in [0.2, 0.25) is 0 Å². The zero-order valence-corrected chi connectivity index (χ0v) is 15.9. The van der Waals surface area contributed by atoms with Gasteiger partial charge in [0.05, 0.1) is 39.2 Å². The fourth-order valence-electron chi connectivity index (χ4n) is 2.61. The Morgan fingerprint density at radius 1 is 1.32 bits per heavy atom. The first-order chi connectivity index (χ1) is 12.0. The van der Waals surface area contributed by atoms with E-state index in [0.717, 1.165) is 20.2 Å². The first kappa shape index (κ1) is 17.4. The monoisotopic (exact) mass is 448 g/mol. The summed E-state index contributed by atoms with van der Waals surface area (Å²) in [6.07, 6.45) is 3.24. The van der Waals surface area contributed by atoms with Crippen LogP contribution in [-0.4, -0.2) is 23.0 Å². The fraction of sp³-hybridized carbons (Fsp3) is 0.167. The lowest BCUT2D eigenvalue weighted by molar-refractivity contribution is 0.100. The average molecular weight is 448 g/mol. The Morgan fingerprint density at radius 2 is 2.12 bits per heavy atom. The highest BCUT2D eigenvalue weighted by atomic mass is 127. The molecule has 1 amide bonds. The van der Waals surface area contributed by atoms with Crippen molar-refractivity contribution in [3.05, 3.63) is 57.6 Å². The van der Waals surface area contributed by atoms with Crippen molar-refractivity contribution in [2.75, 3.05) is 12.4 Å². The molecule has 7 heteroatoms. The molecule has 0 bridgehead atoms. The van der Waals surface area contributed by atoms with Crippen LogP contribution in [0.25, 0.3) is 10.9 Å². The number of hydrogen-bond acceptors (Lipinski definition) is 5. The van der Waals surface area contributed by atoms with Crippen LogP contribution < -0.4 is 15.8 Å². The normalized spacial score (nSPS) is 12.0. The molecule has 0 fully saturated rings. The molecule has 6 nitrogen and oxygen atoms in total. The van der Waals surface area contributed by atoms with Gasteiger partial charge in [-0.2, -0.15) is 0 Å². The standard InChI is InChI=1S/C18H17IN4O2/c1-10(14-5-3-4-6-21-14)23-17-11-7-16(25-2)13(19)8-15(11)22-9-12(17)18(20)24/h3-10H,1-2H3,(H2,20,24)(H,22,23). The van der Waals surface area contributed by atoms with E-state index < -0.39 is 5.91 Å². The van der Waals surface area contributed by atoms with Crippen molar-refractivity contribution in [2.45, 2.75) is 13.0 Å². The van der Waals surface area contributed by atoms with Crippen LogP contribution in [0.1, 0.15) is 29.0 Å². The number of carbonyl (C=O) groups excluding carboxylic acids is 1. The van der Waals surface area contributed by atoms with Crippen LogP contribution in [0, 0.1) is 3.57 Å². The van der Waals surface area contributed by atoms with Crippen molar-refractivity contribution < 1.29 is 9.53 Å². The van der Waals surface area contributed by atoms with Gasteiger partial charge in [-0.3, -0.25) is 14.8 Å². The van der Waals surface area contributed by atoms with Crippen molar-refractivity contribution in [1.82, 2.24) is 9.97 Å². The molecule has 3 N–H and O–H groups in total. The Labute approximate surface area is 158 Å². The number of benzene rings is 1. The van der Waals surface area contributed by atoms with E-state index in [1.54, 1.807) is 13.3 Å². The number of methoxy groups -OCH3 is 1. The number of nitrogens with zero attached hydrogens (tertiary/aromatic N) is 2. The Balaban J connectivity index is 2.16. The molecule has 2 aromatic heterocycles. The van der Waals surface area contributed by atoms with Crippen LogP contribution in [-0.2, 0) is 0 Å². The van der Waals surface area contributed by atoms with E-state index in [1.807, 2.05) is 37.3 Å². The summed E-state index contributed by atoms with van der Waals surface area (Å²) < 4.78 is 6.35. The molecule has 0 saturated carbocycles. The summed E-state index contributed by atoms with van der Waals surface area (Å²) in [5.41, 5.74) is 8.13. The maximum atomic E-state index is 11.9. The molecule has 0 spiro atoms. The van der Waals surface area contributed by atoms with E-state index in [4.69, 9.17) is 10.5 Å². The molecule has 128 valence electrons. The van der Waals surface area contributed by atoms with Gasteiger partial charge in [0.15, 0.2) is 0 Å². The predicted molar refractivity (Wildman–Crippen MR) is 106 cm³/mol. The number of carbonyl (C=O) groups is 1. The lowest BCUT2D eigenvalue weighted by atomic mass is 10.1. The van der Waals surface area contributed by atoms with Crippen molar-refractivity contribution in [3.8, 4) is 5.75 Å². The van der Waals surface area contributed by atoms with Crippen LogP contribution in [0.4, 0.5) is 5.69 Å². The van der Waals surface area contributed by atoms with Crippen LogP contribution in [0.3, 0.4) is 0 Å². The molecular formula is C18H17IN4O2. The Kier molecular flexibility index (Phi) is 5.03. The Hall–Kier alpha value is -2.42. The van der Waals surface area contributed by atoms with Gasteiger partial charge in [-0.25, -0.2) is 0 Å². The number of nitrogens with one attached hydrogen (secondary N) is 1. The van der Waals surface area contributed by atoms with E-state index >= 15 is 0 Å².